The summed E-state index contributed by atoms with van der Waals surface area (Å²) in [4.78, 5) is 22.2. The molecule has 0 saturated carbocycles. The van der Waals surface area contributed by atoms with Gasteiger partial charge in [0, 0.05) is 0 Å². The molecule has 1 fully saturated rings. The molecule has 2 rings (SSSR count). The smallest absolute Gasteiger partial charge is 0.276 e. The zero-order chi connectivity index (χ0) is 11.5. The van der Waals surface area contributed by atoms with Crippen molar-refractivity contribution < 1.29 is 14.0 Å². The summed E-state index contributed by atoms with van der Waals surface area (Å²) in [6.45, 7) is 0.248. The molecule has 84 valence electrons. The average molecular weight is 223 g/mol. The summed E-state index contributed by atoms with van der Waals surface area (Å²) in [6.07, 6.45) is 0. The Kier molecular flexibility index (Phi) is 2.82. The van der Waals surface area contributed by atoms with E-state index in [0.717, 1.165) is 0 Å². The van der Waals surface area contributed by atoms with Gasteiger partial charge in [0.2, 0.25) is 5.91 Å². The molecule has 1 aliphatic rings. The number of halogens is 1. The first kappa shape index (κ1) is 10.6. The van der Waals surface area contributed by atoms with Gasteiger partial charge in [-0.2, -0.15) is 0 Å². The highest BCUT2D eigenvalue weighted by atomic mass is 19.1. The lowest BCUT2D eigenvalue weighted by atomic mass is 10.2. The van der Waals surface area contributed by atoms with Gasteiger partial charge in [0.1, 0.15) is 5.82 Å². The number of nitrogens with zero attached hydrogens (tertiary/aromatic N) is 1. The standard InChI is InChI=1S/C10H10FN3O2/c11-8-3-1-2-7(4-8)6-14-10(16)13-9(15)5-12-14/h1-4,12H,5-6H2,(H,13,15,16). The molecule has 0 aromatic heterocycles. The van der Waals surface area contributed by atoms with Crippen molar-refractivity contribution in [3.8, 4) is 0 Å². The number of amides is 3. The summed E-state index contributed by atoms with van der Waals surface area (Å²) < 4.78 is 12.9. The molecule has 5 nitrogen and oxygen atoms in total. The van der Waals surface area contributed by atoms with Gasteiger partial charge in [0.15, 0.2) is 0 Å². The van der Waals surface area contributed by atoms with E-state index in [4.69, 9.17) is 0 Å². The van der Waals surface area contributed by atoms with Crippen LogP contribution in [0, 0.1) is 5.82 Å². The Morgan fingerprint density at radius 1 is 1.38 bits per heavy atom. The van der Waals surface area contributed by atoms with Crippen LogP contribution in [0.15, 0.2) is 24.3 Å². The molecule has 1 aromatic carbocycles. The summed E-state index contributed by atoms with van der Waals surface area (Å²) in [5.41, 5.74) is 3.29. The first-order chi connectivity index (χ1) is 7.65. The number of carbonyl (C=O) groups is 2. The molecule has 3 amide bonds. The quantitative estimate of drug-likeness (QED) is 0.762. The van der Waals surface area contributed by atoms with Crippen molar-refractivity contribution in [3.63, 3.8) is 0 Å². The maximum atomic E-state index is 12.9. The number of carbonyl (C=O) groups excluding carboxylic acids is 2. The van der Waals surface area contributed by atoms with Gasteiger partial charge in [-0.25, -0.2) is 14.6 Å². The van der Waals surface area contributed by atoms with E-state index < -0.39 is 6.03 Å². The maximum absolute atomic E-state index is 12.9. The molecular formula is C10H10FN3O2. The predicted octanol–water partition coefficient (Wildman–Crippen LogP) is 0.382. The van der Waals surface area contributed by atoms with Crippen molar-refractivity contribution in [2.75, 3.05) is 6.54 Å². The monoisotopic (exact) mass is 223 g/mol. The normalized spacial score (nSPS) is 16.2. The lowest BCUT2D eigenvalue weighted by molar-refractivity contribution is -0.121. The Morgan fingerprint density at radius 3 is 2.88 bits per heavy atom. The van der Waals surface area contributed by atoms with Gasteiger partial charge >= 0.3 is 6.03 Å². The Hall–Kier alpha value is -1.95. The molecule has 16 heavy (non-hydrogen) atoms. The van der Waals surface area contributed by atoms with Crippen LogP contribution in [0.4, 0.5) is 9.18 Å². The van der Waals surface area contributed by atoms with Crippen LogP contribution in [0.25, 0.3) is 0 Å². The van der Waals surface area contributed by atoms with E-state index >= 15 is 0 Å². The second kappa shape index (κ2) is 4.28. The van der Waals surface area contributed by atoms with Crippen LogP contribution in [-0.2, 0) is 11.3 Å². The Morgan fingerprint density at radius 2 is 2.19 bits per heavy atom. The zero-order valence-corrected chi connectivity index (χ0v) is 8.37. The van der Waals surface area contributed by atoms with E-state index in [0.29, 0.717) is 5.56 Å². The van der Waals surface area contributed by atoms with E-state index in [9.17, 15) is 14.0 Å². The van der Waals surface area contributed by atoms with E-state index in [1.165, 1.54) is 17.1 Å². The number of benzene rings is 1. The highest BCUT2D eigenvalue weighted by molar-refractivity contribution is 5.97. The molecule has 1 heterocycles. The molecular weight excluding hydrogens is 213 g/mol. The molecule has 1 aliphatic heterocycles. The predicted molar refractivity (Wildman–Crippen MR) is 53.5 cm³/mol. The lowest BCUT2D eigenvalue weighted by Crippen LogP contribution is -2.58. The Bertz CT molecular complexity index is 436. The molecule has 1 saturated heterocycles. The third-order valence-corrected chi connectivity index (χ3v) is 2.15. The van der Waals surface area contributed by atoms with Crippen LogP contribution in [0.3, 0.4) is 0 Å². The van der Waals surface area contributed by atoms with Crippen molar-refractivity contribution in [1.29, 1.82) is 0 Å². The summed E-state index contributed by atoms with van der Waals surface area (Å²) in [6, 6.07) is 5.41. The van der Waals surface area contributed by atoms with Gasteiger partial charge in [-0.05, 0) is 17.7 Å². The number of hydrogen-bond donors (Lipinski definition) is 2. The fourth-order valence-electron chi connectivity index (χ4n) is 1.42. The molecule has 0 aliphatic carbocycles. The number of nitrogens with one attached hydrogen (secondary N) is 2. The van der Waals surface area contributed by atoms with Crippen LogP contribution in [0.1, 0.15) is 5.56 Å². The molecule has 0 unspecified atom stereocenters. The van der Waals surface area contributed by atoms with Crippen LogP contribution in [0.5, 0.6) is 0 Å². The number of hydrazine groups is 1. The summed E-state index contributed by atoms with van der Waals surface area (Å²) in [5.74, 6) is -0.730. The minimum Gasteiger partial charge on any atom is -0.276 e. The van der Waals surface area contributed by atoms with Crippen molar-refractivity contribution in [2.24, 2.45) is 0 Å². The summed E-state index contributed by atoms with van der Waals surface area (Å²) in [7, 11) is 0. The van der Waals surface area contributed by atoms with Gasteiger partial charge in [-0.1, -0.05) is 12.1 Å². The summed E-state index contributed by atoms with van der Waals surface area (Å²) in [5, 5.41) is 3.39. The molecule has 0 spiro atoms. The highest BCUT2D eigenvalue weighted by Gasteiger charge is 2.22. The van der Waals surface area contributed by atoms with Gasteiger partial charge in [-0.3, -0.25) is 15.1 Å². The molecule has 0 radical (unpaired) electrons. The van der Waals surface area contributed by atoms with E-state index in [-0.39, 0.29) is 24.8 Å². The zero-order valence-electron chi connectivity index (χ0n) is 8.37. The summed E-state index contributed by atoms with van der Waals surface area (Å²) >= 11 is 0. The van der Waals surface area contributed by atoms with Crippen LogP contribution < -0.4 is 10.7 Å². The Balaban J connectivity index is 2.05. The molecule has 0 atom stereocenters. The number of urea groups is 1. The fourth-order valence-corrected chi connectivity index (χ4v) is 1.42. The van der Waals surface area contributed by atoms with Crippen LogP contribution in [0.2, 0.25) is 0 Å². The van der Waals surface area contributed by atoms with Crippen molar-refractivity contribution in [1.82, 2.24) is 15.8 Å². The molecule has 1 aromatic rings. The van der Waals surface area contributed by atoms with Gasteiger partial charge in [0.05, 0.1) is 13.1 Å². The van der Waals surface area contributed by atoms with Crippen LogP contribution in [-0.4, -0.2) is 23.5 Å². The second-order valence-electron chi connectivity index (χ2n) is 3.40. The first-order valence-electron chi connectivity index (χ1n) is 4.74. The minimum atomic E-state index is -0.527. The average Bonchev–Trinajstić information content (AvgIpc) is 2.22. The van der Waals surface area contributed by atoms with Crippen molar-refractivity contribution >= 4 is 11.9 Å². The Labute approximate surface area is 91.2 Å². The topological polar surface area (TPSA) is 61.4 Å². The SMILES string of the molecule is O=C1CNN(Cc2cccc(F)c2)C(=O)N1. The molecule has 6 heteroatoms. The third kappa shape index (κ3) is 2.34. The highest BCUT2D eigenvalue weighted by Crippen LogP contribution is 2.06. The maximum Gasteiger partial charge on any atom is 0.338 e. The first-order valence-corrected chi connectivity index (χ1v) is 4.74. The number of hydrogen-bond acceptors (Lipinski definition) is 3. The van der Waals surface area contributed by atoms with E-state index in [2.05, 4.69) is 10.7 Å². The third-order valence-electron chi connectivity index (χ3n) is 2.15. The number of rotatable bonds is 2. The number of imide groups is 1. The van der Waals surface area contributed by atoms with Gasteiger partial charge in [0.25, 0.3) is 0 Å². The van der Waals surface area contributed by atoms with Crippen molar-refractivity contribution in [3.05, 3.63) is 35.6 Å². The van der Waals surface area contributed by atoms with Gasteiger partial charge < -0.3 is 0 Å². The second-order valence-corrected chi connectivity index (χ2v) is 3.40. The van der Waals surface area contributed by atoms with Crippen LogP contribution >= 0.6 is 0 Å². The molecule has 2 N–H and O–H groups in total. The lowest BCUT2D eigenvalue weighted by Gasteiger charge is -2.27. The largest absolute Gasteiger partial charge is 0.338 e. The van der Waals surface area contributed by atoms with Gasteiger partial charge in [-0.15, -0.1) is 0 Å². The van der Waals surface area contributed by atoms with E-state index in [1.54, 1.807) is 12.1 Å². The fraction of sp³-hybridized carbons (Fsp3) is 0.200. The minimum absolute atomic E-state index is 0.0427. The molecule has 0 bridgehead atoms. The van der Waals surface area contributed by atoms with E-state index in [1.807, 2.05) is 0 Å². The van der Waals surface area contributed by atoms with Crippen molar-refractivity contribution in [2.45, 2.75) is 6.54 Å².